The van der Waals surface area contributed by atoms with Crippen LogP contribution >= 0.6 is 0 Å². The van der Waals surface area contributed by atoms with Gasteiger partial charge in [0.05, 0.1) is 96.1 Å². The molecule has 0 spiro atoms. The molecule has 1 saturated heterocycles. The molecule has 106 heavy (non-hydrogen) atoms. The van der Waals surface area contributed by atoms with Gasteiger partial charge in [0.25, 0.3) is 0 Å². The van der Waals surface area contributed by atoms with Crippen LogP contribution in [0.4, 0.5) is 31.0 Å². The molecule has 6 atom stereocenters. The number of anilines is 3. The van der Waals surface area contributed by atoms with Crippen LogP contribution in [0.3, 0.4) is 0 Å². The summed E-state index contributed by atoms with van der Waals surface area (Å²) in [4.78, 5) is 59.1. The number of benzene rings is 3. The Kier molecular flexibility index (Phi) is 36.1. The molecule has 7 rings (SSSR count). The molecule has 0 saturated carbocycles. The number of carbonyl (C=O) groups excluding carboxylic acids is 3. The number of aliphatic hydroxyl groups is 4. The van der Waals surface area contributed by atoms with E-state index in [4.69, 9.17) is 9.47 Å². The molecule has 7 N–H and O–H groups in total. The van der Waals surface area contributed by atoms with Gasteiger partial charge in [0.1, 0.15) is 17.5 Å². The molecule has 0 bridgehead atoms. The molecular formula is C71H93CaF3N10O18S3. The second-order valence-corrected chi connectivity index (χ2v) is 32.0. The molecule has 1 aliphatic rings. The first kappa shape index (κ1) is 92.8. The number of carbonyl (C=O) groups is 3. The van der Waals surface area contributed by atoms with Crippen LogP contribution in [-0.4, -0.2) is 220 Å². The Balaban J connectivity index is 0.000000403. The van der Waals surface area contributed by atoms with E-state index in [1.54, 1.807) is 38.1 Å². The molecule has 576 valence electrons. The zero-order valence-corrected chi connectivity index (χ0v) is 66.5. The van der Waals surface area contributed by atoms with Gasteiger partial charge in [0.2, 0.25) is 47.9 Å². The number of rotatable bonds is 28. The van der Waals surface area contributed by atoms with Gasteiger partial charge < -0.3 is 65.3 Å². The normalized spacial score (nSPS) is 15.7. The number of nitrogens with zero attached hydrogens (tertiary/aromatic N) is 9. The summed E-state index contributed by atoms with van der Waals surface area (Å²) in [5, 5.41) is 72.3. The minimum absolute atomic E-state index is 0. The van der Waals surface area contributed by atoms with E-state index in [9.17, 15) is 88.6 Å². The van der Waals surface area contributed by atoms with E-state index in [0.29, 0.717) is 74.0 Å². The number of ether oxygens (including phenoxy) is 2. The van der Waals surface area contributed by atoms with Crippen molar-refractivity contribution in [1.82, 2.24) is 29.9 Å². The van der Waals surface area contributed by atoms with Crippen molar-refractivity contribution >= 4 is 122 Å². The van der Waals surface area contributed by atoms with E-state index in [2.05, 4.69) is 35.6 Å². The molecule has 4 heterocycles. The first-order valence-corrected chi connectivity index (χ1v) is 38.6. The van der Waals surface area contributed by atoms with Crippen molar-refractivity contribution in [3.05, 3.63) is 142 Å². The largest absolute Gasteiger partial charge is 2.00 e. The molecule has 1 fully saturated rings. The van der Waals surface area contributed by atoms with E-state index in [1.807, 2.05) is 48.5 Å². The zero-order valence-electron chi connectivity index (χ0n) is 61.8. The van der Waals surface area contributed by atoms with Gasteiger partial charge in [-0.15, -0.1) is 0 Å². The summed E-state index contributed by atoms with van der Waals surface area (Å²) in [6.45, 7) is 17.6. The Labute approximate surface area is 647 Å². The van der Waals surface area contributed by atoms with E-state index < -0.39 is 121 Å². The van der Waals surface area contributed by atoms with E-state index in [-0.39, 0.29) is 92.6 Å². The van der Waals surface area contributed by atoms with Crippen LogP contribution < -0.4 is 34.0 Å². The van der Waals surface area contributed by atoms with E-state index >= 15 is 0 Å². The fourth-order valence-electron chi connectivity index (χ4n) is 10.0. The Bertz CT molecular complexity index is 4210. The number of quaternary nitrogens is 1. The molecule has 3 aromatic carbocycles. The monoisotopic (exact) mass is 1570 g/mol. The van der Waals surface area contributed by atoms with Gasteiger partial charge in [-0.05, 0) is 111 Å². The predicted octanol–water partition coefficient (Wildman–Crippen LogP) is 3.87. The molecule has 0 unspecified atom stereocenters. The Morgan fingerprint density at radius 3 is 1.08 bits per heavy atom. The van der Waals surface area contributed by atoms with Gasteiger partial charge in [-0.2, -0.15) is 0 Å². The number of aliphatic carboxylic acids is 3. The third kappa shape index (κ3) is 29.3. The van der Waals surface area contributed by atoms with Gasteiger partial charge in [-0.25, -0.2) is 81.2 Å². The zero-order chi connectivity index (χ0) is 79.4. The molecule has 1 aliphatic heterocycles. The number of hydrogen-bond acceptors (Lipinski definition) is 24. The van der Waals surface area contributed by atoms with Crippen molar-refractivity contribution in [2.75, 3.05) is 59.4 Å². The summed E-state index contributed by atoms with van der Waals surface area (Å²) in [7, 11) is -6.93. The van der Waals surface area contributed by atoms with Gasteiger partial charge in [0, 0.05) is 111 Å². The predicted molar refractivity (Wildman–Crippen MR) is 391 cm³/mol. The van der Waals surface area contributed by atoms with E-state index in [1.165, 1.54) is 106 Å². The van der Waals surface area contributed by atoms with Crippen LogP contribution in [0.5, 0.6) is 0 Å². The fourth-order valence-corrected chi connectivity index (χ4v) is 11.2. The SMILES string of the molecule is CC(C)c1nc(N(C)S(C)(=O)=O)nc(-c2ccc(F)cc2)c1/C=C/[C@@H](O)C[C@@H](O)CC(=O)[O-].CC(C)c1nc(N(C)S(C)(=O)=O)nc(-c2ccc(F)cc2)c1/C=C/[C@@H](O)C[C@@H](O)CC(=O)[O-].CC(C)c1nc(N(C)S(C)(=O)=O)nc(-c2ccc(F)cc2)c1/C=C/[C@@H]1C[C@H](CC(=O)[O-])OC(C)(C)O1.CC[NH3+].[Ca+2]. The van der Waals surface area contributed by atoms with E-state index in [0.717, 1.165) is 38.2 Å². The van der Waals surface area contributed by atoms with Crippen molar-refractivity contribution in [2.24, 2.45) is 0 Å². The number of aromatic nitrogens is 6. The summed E-state index contributed by atoms with van der Waals surface area (Å²) < 4.78 is 128. The Morgan fingerprint density at radius 2 is 0.821 bits per heavy atom. The topological polar surface area (TPSA) is 437 Å². The minimum atomic E-state index is -3.66. The third-order valence-electron chi connectivity index (χ3n) is 15.3. The first-order valence-electron chi connectivity index (χ1n) is 33.0. The van der Waals surface area contributed by atoms with Crippen LogP contribution in [0, 0.1) is 17.5 Å². The number of aliphatic hydroxyl groups excluding tert-OH is 4. The molecule has 6 aromatic rings. The van der Waals surface area contributed by atoms with Gasteiger partial charge in [-0.3, -0.25) is 0 Å². The number of halogens is 3. The van der Waals surface area contributed by atoms with Crippen molar-refractivity contribution in [3.63, 3.8) is 0 Å². The summed E-state index contributed by atoms with van der Waals surface area (Å²) in [6, 6.07) is 16.6. The van der Waals surface area contributed by atoms with Crippen molar-refractivity contribution < 1.29 is 104 Å². The summed E-state index contributed by atoms with van der Waals surface area (Å²) >= 11 is 0. The molecule has 35 heteroatoms. The Morgan fingerprint density at radius 1 is 0.538 bits per heavy atom. The van der Waals surface area contributed by atoms with Crippen molar-refractivity contribution in [2.45, 2.75) is 161 Å². The smallest absolute Gasteiger partial charge is 0.550 e. The number of carboxylic acid groups (broad SMARTS) is 3. The maximum absolute atomic E-state index is 13.7. The average molecular weight is 1570 g/mol. The maximum Gasteiger partial charge on any atom is 2.00 e. The molecule has 0 aliphatic carbocycles. The summed E-state index contributed by atoms with van der Waals surface area (Å²) in [5.74, 6) is -7.03. The molecule has 0 amide bonds. The van der Waals surface area contributed by atoms with Crippen molar-refractivity contribution in [3.8, 4) is 33.8 Å². The minimum Gasteiger partial charge on any atom is -0.550 e. The van der Waals surface area contributed by atoms with Crippen LogP contribution in [-0.2, 0) is 53.9 Å². The van der Waals surface area contributed by atoms with Gasteiger partial charge in [-0.1, -0.05) is 78.0 Å². The average Bonchev–Trinajstić information content (AvgIpc) is 0.793. The molecule has 28 nitrogen and oxygen atoms in total. The second kappa shape index (κ2) is 41.2. The maximum atomic E-state index is 13.7. The number of sulfonamides is 3. The second-order valence-electron chi connectivity index (χ2n) is 25.9. The van der Waals surface area contributed by atoms with Crippen LogP contribution in [0.15, 0.2) is 91.0 Å². The van der Waals surface area contributed by atoms with Gasteiger partial charge in [0.15, 0.2) is 5.79 Å². The van der Waals surface area contributed by atoms with Gasteiger partial charge >= 0.3 is 37.7 Å². The first-order chi connectivity index (χ1) is 48.7. The van der Waals surface area contributed by atoms with Crippen LogP contribution in [0.2, 0.25) is 0 Å². The number of hydrogen-bond donors (Lipinski definition) is 5. The third-order valence-corrected chi connectivity index (χ3v) is 18.8. The summed E-state index contributed by atoms with van der Waals surface area (Å²) in [6.07, 6.45) is 4.75. The van der Waals surface area contributed by atoms with Crippen molar-refractivity contribution in [1.29, 1.82) is 0 Å². The fraction of sp³-hybridized carbons (Fsp3) is 0.451. The Hall–Kier alpha value is -7.45. The number of carboxylic acids is 3. The van der Waals surface area contributed by atoms with Crippen LogP contribution in [0.1, 0.15) is 152 Å². The quantitative estimate of drug-likeness (QED) is 0.0435. The standard InChI is InChI=1S/C25H32FN3O6S.2C22H28FN3O6S.C2H7N.Ca/c1-15(2)22-20(12-11-18-13-19(14-21(30)31)35-25(3,4)34-18)23(16-7-9-17(26)10-8-16)28-24(27-22)29(5)36(6,32)33;2*1-13(2)20-18(10-9-16(27)11-17(28)12-19(29)30)21(14-5-7-15(23)8-6-14)25-22(24-20)26(3)33(4,31)32;1-2-3;/h7-12,15,18-19H,13-14H2,1-6H3,(H,30,31);2*5-10,13,16-17,27-28H,11-12H2,1-4H3,(H,29,30);2-3H2,1H3;/q;;;;+2/p-2/b12-11+;2*10-9+;;/t18-,19-;2*16-,17-;;/m111../s1. The van der Waals surface area contributed by atoms with Crippen LogP contribution in [0.25, 0.3) is 52.0 Å². The molecular weight excluding hydrogens is 1470 g/mol. The molecule has 3 aromatic heterocycles. The summed E-state index contributed by atoms with van der Waals surface area (Å²) in [5.41, 5.74) is 9.21. The molecule has 0 radical (unpaired) electrons.